The van der Waals surface area contributed by atoms with Crippen LogP contribution in [0.3, 0.4) is 0 Å². The Labute approximate surface area is 140 Å². The third-order valence-corrected chi connectivity index (χ3v) is 3.79. The van der Waals surface area contributed by atoms with Crippen molar-refractivity contribution in [1.29, 1.82) is 0 Å². The lowest BCUT2D eigenvalue weighted by Crippen LogP contribution is -2.15. The monoisotopic (exact) mass is 321 g/mol. The SMILES string of the molecule is Cc1cccc(-c2nnc(NC(=O)Cc3cc(C)ccc3C)o2)c1. The first-order valence-corrected chi connectivity index (χ1v) is 7.78. The highest BCUT2D eigenvalue weighted by Gasteiger charge is 2.12. The number of nitrogens with zero attached hydrogens (tertiary/aromatic N) is 2. The summed E-state index contributed by atoms with van der Waals surface area (Å²) in [5, 5.41) is 10.5. The minimum absolute atomic E-state index is 0.113. The van der Waals surface area contributed by atoms with Crippen LogP contribution in [0.2, 0.25) is 0 Å². The second-order valence-electron chi connectivity index (χ2n) is 5.94. The van der Waals surface area contributed by atoms with Crippen molar-refractivity contribution in [2.45, 2.75) is 27.2 Å². The summed E-state index contributed by atoms with van der Waals surface area (Å²) >= 11 is 0. The van der Waals surface area contributed by atoms with Crippen LogP contribution in [0.5, 0.6) is 0 Å². The number of aryl methyl sites for hydroxylation is 3. The van der Waals surface area contributed by atoms with Crippen LogP contribution in [0.4, 0.5) is 6.01 Å². The van der Waals surface area contributed by atoms with E-state index >= 15 is 0 Å². The first-order chi connectivity index (χ1) is 11.5. The van der Waals surface area contributed by atoms with E-state index in [4.69, 9.17) is 4.42 Å². The molecule has 1 amide bonds. The van der Waals surface area contributed by atoms with Crippen LogP contribution in [-0.2, 0) is 11.2 Å². The lowest BCUT2D eigenvalue weighted by Gasteiger charge is -2.06. The normalized spacial score (nSPS) is 10.6. The van der Waals surface area contributed by atoms with Gasteiger partial charge >= 0.3 is 6.01 Å². The summed E-state index contributed by atoms with van der Waals surface area (Å²) in [6.07, 6.45) is 0.273. The van der Waals surface area contributed by atoms with Crippen LogP contribution in [0.25, 0.3) is 11.5 Å². The van der Waals surface area contributed by atoms with Crippen molar-refractivity contribution >= 4 is 11.9 Å². The molecule has 0 aliphatic rings. The van der Waals surface area contributed by atoms with E-state index in [2.05, 4.69) is 15.5 Å². The van der Waals surface area contributed by atoms with Crippen molar-refractivity contribution in [3.05, 3.63) is 64.7 Å². The number of hydrogen-bond donors (Lipinski definition) is 1. The van der Waals surface area contributed by atoms with Crippen LogP contribution in [0.1, 0.15) is 22.3 Å². The third kappa shape index (κ3) is 3.68. The maximum Gasteiger partial charge on any atom is 0.322 e. The number of rotatable bonds is 4. The molecule has 0 saturated carbocycles. The summed E-state index contributed by atoms with van der Waals surface area (Å²) in [6, 6.07) is 13.9. The molecule has 0 radical (unpaired) electrons. The van der Waals surface area contributed by atoms with Gasteiger partial charge in [0.15, 0.2) is 0 Å². The molecular formula is C19H19N3O2. The van der Waals surface area contributed by atoms with Gasteiger partial charge in [0.25, 0.3) is 0 Å². The maximum atomic E-state index is 12.2. The predicted molar refractivity (Wildman–Crippen MR) is 92.7 cm³/mol. The van der Waals surface area contributed by atoms with Crippen molar-refractivity contribution in [3.8, 4) is 11.5 Å². The highest BCUT2D eigenvalue weighted by molar-refractivity contribution is 5.90. The summed E-state index contributed by atoms with van der Waals surface area (Å²) in [5.41, 5.74) is 5.14. The molecule has 24 heavy (non-hydrogen) atoms. The Morgan fingerprint density at radius 1 is 1.04 bits per heavy atom. The Morgan fingerprint density at radius 2 is 1.83 bits per heavy atom. The zero-order valence-electron chi connectivity index (χ0n) is 14.0. The summed E-state index contributed by atoms with van der Waals surface area (Å²) in [7, 11) is 0. The van der Waals surface area contributed by atoms with E-state index < -0.39 is 0 Å². The standard InChI is InChI=1S/C19H19N3O2/c1-12-5-4-6-15(9-12)18-21-22-19(24-18)20-17(23)11-16-10-13(2)7-8-14(16)3/h4-10H,11H2,1-3H3,(H,20,22,23). The molecule has 0 aliphatic carbocycles. The van der Waals surface area contributed by atoms with Gasteiger partial charge in [0, 0.05) is 5.56 Å². The predicted octanol–water partition coefficient (Wildman–Crippen LogP) is 3.84. The van der Waals surface area contributed by atoms with Gasteiger partial charge in [-0.3, -0.25) is 10.1 Å². The van der Waals surface area contributed by atoms with Gasteiger partial charge in [-0.25, -0.2) is 0 Å². The fourth-order valence-corrected chi connectivity index (χ4v) is 2.50. The highest BCUT2D eigenvalue weighted by atomic mass is 16.4. The van der Waals surface area contributed by atoms with Gasteiger partial charge < -0.3 is 4.42 Å². The Bertz CT molecular complexity index is 884. The molecule has 0 spiro atoms. The van der Waals surface area contributed by atoms with Gasteiger partial charge in [-0.05, 0) is 44.0 Å². The molecule has 3 rings (SSSR count). The quantitative estimate of drug-likeness (QED) is 0.792. The lowest BCUT2D eigenvalue weighted by atomic mass is 10.0. The number of carbonyl (C=O) groups excluding carboxylic acids is 1. The fourth-order valence-electron chi connectivity index (χ4n) is 2.50. The van der Waals surface area contributed by atoms with Gasteiger partial charge in [-0.1, -0.05) is 46.6 Å². The molecule has 0 atom stereocenters. The molecule has 2 aromatic carbocycles. The minimum atomic E-state index is -0.178. The number of aromatic nitrogens is 2. The molecule has 5 nitrogen and oxygen atoms in total. The van der Waals surface area contributed by atoms with Crippen molar-refractivity contribution in [2.24, 2.45) is 0 Å². The van der Waals surface area contributed by atoms with E-state index in [0.29, 0.717) is 5.89 Å². The van der Waals surface area contributed by atoms with E-state index in [1.807, 2.05) is 63.2 Å². The zero-order chi connectivity index (χ0) is 17.1. The average Bonchev–Trinajstić information content (AvgIpc) is 2.99. The van der Waals surface area contributed by atoms with Crippen molar-refractivity contribution < 1.29 is 9.21 Å². The van der Waals surface area contributed by atoms with E-state index in [-0.39, 0.29) is 18.3 Å². The van der Waals surface area contributed by atoms with Crippen LogP contribution in [-0.4, -0.2) is 16.1 Å². The molecule has 3 aromatic rings. The molecule has 1 aromatic heterocycles. The molecule has 122 valence electrons. The highest BCUT2D eigenvalue weighted by Crippen LogP contribution is 2.21. The molecular weight excluding hydrogens is 302 g/mol. The summed E-state index contributed by atoms with van der Waals surface area (Å²) < 4.78 is 5.53. The molecule has 0 bridgehead atoms. The van der Waals surface area contributed by atoms with Crippen LogP contribution in [0, 0.1) is 20.8 Å². The van der Waals surface area contributed by atoms with Gasteiger partial charge in [0.05, 0.1) is 6.42 Å². The van der Waals surface area contributed by atoms with Gasteiger partial charge in [0.2, 0.25) is 11.8 Å². The first kappa shape index (κ1) is 15.9. The molecule has 5 heteroatoms. The van der Waals surface area contributed by atoms with Crippen molar-refractivity contribution in [2.75, 3.05) is 5.32 Å². The number of hydrogen-bond acceptors (Lipinski definition) is 4. The lowest BCUT2D eigenvalue weighted by molar-refractivity contribution is -0.115. The van der Waals surface area contributed by atoms with Gasteiger partial charge in [-0.2, -0.15) is 0 Å². The summed E-state index contributed by atoms with van der Waals surface area (Å²) in [4.78, 5) is 12.2. The van der Waals surface area contributed by atoms with E-state index in [1.54, 1.807) is 0 Å². The Hall–Kier alpha value is -2.95. The van der Waals surface area contributed by atoms with Crippen molar-refractivity contribution in [1.82, 2.24) is 10.2 Å². The second kappa shape index (κ2) is 6.66. The topological polar surface area (TPSA) is 68.0 Å². The number of amides is 1. The Morgan fingerprint density at radius 3 is 2.62 bits per heavy atom. The molecule has 0 fully saturated rings. The molecule has 1 N–H and O–H groups in total. The minimum Gasteiger partial charge on any atom is -0.403 e. The maximum absolute atomic E-state index is 12.2. The number of nitrogens with one attached hydrogen (secondary N) is 1. The van der Waals surface area contributed by atoms with Crippen LogP contribution >= 0.6 is 0 Å². The first-order valence-electron chi connectivity index (χ1n) is 7.78. The van der Waals surface area contributed by atoms with Crippen LogP contribution in [0.15, 0.2) is 46.9 Å². The van der Waals surface area contributed by atoms with E-state index in [1.165, 1.54) is 0 Å². The molecule has 0 aliphatic heterocycles. The second-order valence-corrected chi connectivity index (χ2v) is 5.94. The molecule has 0 unspecified atom stereocenters. The number of carbonyl (C=O) groups is 1. The van der Waals surface area contributed by atoms with E-state index in [0.717, 1.165) is 27.8 Å². The van der Waals surface area contributed by atoms with Gasteiger partial charge in [-0.15, -0.1) is 5.10 Å². The number of anilines is 1. The third-order valence-electron chi connectivity index (χ3n) is 3.79. The van der Waals surface area contributed by atoms with E-state index in [9.17, 15) is 4.79 Å². The van der Waals surface area contributed by atoms with Crippen LogP contribution < -0.4 is 5.32 Å². The van der Waals surface area contributed by atoms with Gasteiger partial charge in [0.1, 0.15) is 0 Å². The Kier molecular flexibility index (Phi) is 4.42. The number of benzene rings is 2. The fraction of sp³-hybridized carbons (Fsp3) is 0.211. The van der Waals surface area contributed by atoms with Crippen molar-refractivity contribution in [3.63, 3.8) is 0 Å². The zero-order valence-corrected chi connectivity index (χ0v) is 14.0. The largest absolute Gasteiger partial charge is 0.403 e. The average molecular weight is 321 g/mol. The molecule has 1 heterocycles. The summed E-state index contributed by atoms with van der Waals surface area (Å²) in [5.74, 6) is 0.212. The molecule has 0 saturated heterocycles. The summed E-state index contributed by atoms with van der Waals surface area (Å²) in [6.45, 7) is 5.99. The Balaban J connectivity index is 1.70. The smallest absolute Gasteiger partial charge is 0.322 e.